The number of aliphatic hydroxyl groups is 1. The van der Waals surface area contributed by atoms with Gasteiger partial charge in [-0.3, -0.25) is 4.98 Å². The predicted molar refractivity (Wildman–Crippen MR) is 117 cm³/mol. The quantitative estimate of drug-likeness (QED) is 0.440. The van der Waals surface area contributed by atoms with Crippen molar-refractivity contribution in [2.45, 2.75) is 26.1 Å². The molecule has 0 saturated heterocycles. The van der Waals surface area contributed by atoms with E-state index < -0.39 is 12.1 Å². The van der Waals surface area contributed by atoms with E-state index in [0.717, 1.165) is 16.7 Å². The second kappa shape index (κ2) is 9.11. The number of rotatable bonds is 7. The molecule has 0 fully saturated rings. The van der Waals surface area contributed by atoms with Crippen molar-refractivity contribution in [3.05, 3.63) is 101 Å². The summed E-state index contributed by atoms with van der Waals surface area (Å²) >= 11 is 0. The largest absolute Gasteiger partial charge is 0.484 e. The van der Waals surface area contributed by atoms with Gasteiger partial charge in [-0.1, -0.05) is 42.5 Å². The van der Waals surface area contributed by atoms with Crippen LogP contribution in [0.5, 0.6) is 5.75 Å². The number of benzene rings is 2. The molecule has 0 saturated carbocycles. The van der Waals surface area contributed by atoms with Crippen molar-refractivity contribution in [3.63, 3.8) is 0 Å². The first-order chi connectivity index (χ1) is 15.4. The number of aliphatic hydroxyl groups excluding tert-OH is 1. The Labute approximate surface area is 184 Å². The number of fused-ring (bicyclic) bond motifs is 1. The maximum absolute atomic E-state index is 13.2. The topological polar surface area (TPSA) is 92.5 Å². The van der Waals surface area contributed by atoms with Crippen LogP contribution >= 0.6 is 0 Å². The number of ether oxygens (including phenoxy) is 1. The van der Waals surface area contributed by atoms with Crippen molar-refractivity contribution in [3.8, 4) is 5.75 Å². The van der Waals surface area contributed by atoms with Crippen LogP contribution in [-0.2, 0) is 13.0 Å². The van der Waals surface area contributed by atoms with E-state index in [1.165, 1.54) is 19.1 Å². The zero-order valence-electron chi connectivity index (χ0n) is 17.3. The number of carbonyl (C=O) groups is 1. The average Bonchev–Trinajstić information content (AvgIpc) is 2.79. The van der Waals surface area contributed by atoms with E-state index in [4.69, 9.17) is 4.74 Å². The van der Waals surface area contributed by atoms with Gasteiger partial charge in [0.05, 0.1) is 11.8 Å². The molecule has 7 heteroatoms. The number of halogens is 1. The molecule has 2 heterocycles. The number of pyridine rings is 2. The maximum Gasteiger partial charge on any atom is 0.358 e. The summed E-state index contributed by atoms with van der Waals surface area (Å²) < 4.78 is 19.1. The highest BCUT2D eigenvalue weighted by Crippen LogP contribution is 2.33. The fourth-order valence-electron chi connectivity index (χ4n) is 3.49. The summed E-state index contributed by atoms with van der Waals surface area (Å²) in [5, 5.41) is 20.5. The number of aromatic nitrogens is 2. The molecule has 0 spiro atoms. The van der Waals surface area contributed by atoms with Gasteiger partial charge in [-0.25, -0.2) is 14.2 Å². The molecule has 0 aliphatic rings. The van der Waals surface area contributed by atoms with E-state index in [0.29, 0.717) is 17.3 Å². The van der Waals surface area contributed by atoms with Gasteiger partial charge < -0.3 is 14.9 Å². The van der Waals surface area contributed by atoms with Crippen LogP contribution in [0.25, 0.3) is 10.9 Å². The maximum atomic E-state index is 13.2. The Kier molecular flexibility index (Phi) is 6.09. The molecule has 0 amide bonds. The fraction of sp³-hybridized carbons (Fsp3) is 0.160. The van der Waals surface area contributed by atoms with Crippen LogP contribution < -0.4 is 4.74 Å². The second-order valence-electron chi connectivity index (χ2n) is 7.47. The van der Waals surface area contributed by atoms with Crippen molar-refractivity contribution < 1.29 is 24.1 Å². The standard InChI is InChI=1S/C25H21FN2O4/c1-15(29)21-20-12-18(11-16-7-9-19(26)10-8-16)13-27-22(20)24(23(28-21)25(30)31)32-14-17-5-3-2-4-6-17/h2-10,12-13,15,29H,11,14H2,1H3,(H,30,31). The van der Waals surface area contributed by atoms with Gasteiger partial charge in [-0.15, -0.1) is 0 Å². The first-order valence-electron chi connectivity index (χ1n) is 10.1. The zero-order chi connectivity index (χ0) is 22.7. The number of carboxylic acid groups (broad SMARTS) is 1. The molecule has 0 bridgehead atoms. The van der Waals surface area contributed by atoms with Gasteiger partial charge in [-0.2, -0.15) is 0 Å². The van der Waals surface area contributed by atoms with Crippen LogP contribution in [0.15, 0.2) is 66.9 Å². The lowest BCUT2D eigenvalue weighted by molar-refractivity contribution is 0.0684. The summed E-state index contributed by atoms with van der Waals surface area (Å²) in [6.45, 7) is 1.66. The lowest BCUT2D eigenvalue weighted by Gasteiger charge is -2.16. The van der Waals surface area contributed by atoms with Crippen LogP contribution in [0.2, 0.25) is 0 Å². The van der Waals surface area contributed by atoms with E-state index in [2.05, 4.69) is 9.97 Å². The highest BCUT2D eigenvalue weighted by molar-refractivity contribution is 5.98. The van der Waals surface area contributed by atoms with Gasteiger partial charge in [-0.05, 0) is 48.2 Å². The molecule has 4 rings (SSSR count). The Morgan fingerprint density at radius 1 is 1.06 bits per heavy atom. The molecule has 32 heavy (non-hydrogen) atoms. The van der Waals surface area contributed by atoms with E-state index in [9.17, 15) is 19.4 Å². The summed E-state index contributed by atoms with van der Waals surface area (Å²) in [7, 11) is 0. The monoisotopic (exact) mass is 432 g/mol. The molecule has 4 aromatic rings. The van der Waals surface area contributed by atoms with Gasteiger partial charge in [0.15, 0.2) is 11.4 Å². The Bertz CT molecular complexity index is 1260. The van der Waals surface area contributed by atoms with E-state index >= 15 is 0 Å². The molecule has 2 aromatic heterocycles. The Balaban J connectivity index is 1.79. The molecule has 1 unspecified atom stereocenters. The highest BCUT2D eigenvalue weighted by Gasteiger charge is 2.23. The van der Waals surface area contributed by atoms with Gasteiger partial charge in [0.2, 0.25) is 0 Å². The normalized spacial score (nSPS) is 12.0. The van der Waals surface area contributed by atoms with Crippen LogP contribution in [0.3, 0.4) is 0 Å². The van der Waals surface area contributed by atoms with Crippen molar-refractivity contribution in [1.82, 2.24) is 9.97 Å². The number of nitrogens with zero attached hydrogens (tertiary/aromatic N) is 2. The van der Waals surface area contributed by atoms with Gasteiger partial charge in [0, 0.05) is 11.6 Å². The number of hydrogen-bond acceptors (Lipinski definition) is 5. The Morgan fingerprint density at radius 3 is 2.44 bits per heavy atom. The molecule has 2 N–H and O–H groups in total. The van der Waals surface area contributed by atoms with Crippen LogP contribution in [0.1, 0.15) is 45.9 Å². The van der Waals surface area contributed by atoms with E-state index in [-0.39, 0.29) is 29.6 Å². The number of hydrogen-bond donors (Lipinski definition) is 2. The van der Waals surface area contributed by atoms with Crippen molar-refractivity contribution >= 4 is 16.9 Å². The molecule has 162 valence electrons. The number of aromatic carboxylic acids is 1. The first-order valence-corrected chi connectivity index (χ1v) is 10.1. The minimum atomic E-state index is -1.27. The lowest BCUT2D eigenvalue weighted by Crippen LogP contribution is -2.11. The molecular formula is C25H21FN2O4. The van der Waals surface area contributed by atoms with Crippen molar-refractivity contribution in [1.29, 1.82) is 0 Å². The molecule has 1 atom stereocenters. The van der Waals surface area contributed by atoms with Crippen molar-refractivity contribution in [2.75, 3.05) is 0 Å². The number of carboxylic acids is 1. The Morgan fingerprint density at radius 2 is 1.78 bits per heavy atom. The van der Waals surface area contributed by atoms with Crippen molar-refractivity contribution in [2.24, 2.45) is 0 Å². The molecule has 0 aliphatic heterocycles. The highest BCUT2D eigenvalue weighted by atomic mass is 19.1. The third-order valence-electron chi connectivity index (χ3n) is 5.03. The first kappa shape index (κ1) is 21.4. The third kappa shape index (κ3) is 4.58. The summed E-state index contributed by atoms with van der Waals surface area (Å²) in [6, 6.07) is 17.3. The molecule has 2 aromatic carbocycles. The minimum Gasteiger partial charge on any atom is -0.484 e. The average molecular weight is 432 g/mol. The summed E-state index contributed by atoms with van der Waals surface area (Å²) in [6.07, 6.45) is 1.10. The molecule has 0 radical (unpaired) electrons. The SMILES string of the molecule is CC(O)c1nc(C(=O)O)c(OCc2ccccc2)c2ncc(Cc3ccc(F)cc3)cc12. The molecular weight excluding hydrogens is 411 g/mol. The van der Waals surface area contributed by atoms with Crippen LogP contribution in [0, 0.1) is 5.82 Å². The summed E-state index contributed by atoms with van der Waals surface area (Å²) in [4.78, 5) is 20.6. The zero-order valence-corrected chi connectivity index (χ0v) is 17.3. The summed E-state index contributed by atoms with van der Waals surface area (Å²) in [5.74, 6) is -1.53. The predicted octanol–water partition coefficient (Wildman–Crippen LogP) is 4.69. The van der Waals surface area contributed by atoms with Crippen LogP contribution in [-0.4, -0.2) is 26.2 Å². The summed E-state index contributed by atoms with van der Waals surface area (Å²) in [5.41, 5.74) is 2.78. The minimum absolute atomic E-state index is 0.0501. The third-order valence-corrected chi connectivity index (χ3v) is 5.03. The fourth-order valence-corrected chi connectivity index (χ4v) is 3.49. The smallest absolute Gasteiger partial charge is 0.358 e. The van der Waals surface area contributed by atoms with E-state index in [1.807, 2.05) is 36.4 Å². The second-order valence-corrected chi connectivity index (χ2v) is 7.47. The van der Waals surface area contributed by atoms with Gasteiger partial charge in [0.25, 0.3) is 0 Å². The van der Waals surface area contributed by atoms with Crippen LogP contribution in [0.4, 0.5) is 4.39 Å². The Hall–Kier alpha value is -3.84. The molecule has 6 nitrogen and oxygen atoms in total. The lowest BCUT2D eigenvalue weighted by atomic mass is 10.0. The molecule has 0 aliphatic carbocycles. The van der Waals surface area contributed by atoms with E-state index in [1.54, 1.807) is 18.3 Å². The van der Waals surface area contributed by atoms with Gasteiger partial charge in [0.1, 0.15) is 17.9 Å². The van der Waals surface area contributed by atoms with Gasteiger partial charge >= 0.3 is 5.97 Å².